The molecular formula is C26H27FN4O3. The summed E-state index contributed by atoms with van der Waals surface area (Å²) in [6.07, 6.45) is 7.78. The molecule has 0 radical (unpaired) electrons. The number of hydrogen-bond donors (Lipinski definition) is 4. The number of carbonyl (C=O) groups excluding carboxylic acids is 2. The monoisotopic (exact) mass is 462 g/mol. The van der Waals surface area contributed by atoms with Gasteiger partial charge in [-0.15, -0.1) is 0 Å². The van der Waals surface area contributed by atoms with Crippen LogP contribution in [0.15, 0.2) is 54.6 Å². The van der Waals surface area contributed by atoms with Crippen LogP contribution in [0.2, 0.25) is 0 Å². The minimum atomic E-state index is -0.736. The summed E-state index contributed by atoms with van der Waals surface area (Å²) < 4.78 is 19.0. The Kier molecular flexibility index (Phi) is 5.50. The van der Waals surface area contributed by atoms with Crippen LogP contribution in [0.3, 0.4) is 0 Å². The Morgan fingerprint density at radius 1 is 0.882 bits per heavy atom. The summed E-state index contributed by atoms with van der Waals surface area (Å²) in [5.41, 5.74) is 2.46. The van der Waals surface area contributed by atoms with E-state index in [2.05, 4.69) is 21.3 Å². The van der Waals surface area contributed by atoms with E-state index >= 15 is 0 Å². The van der Waals surface area contributed by atoms with Gasteiger partial charge in [0, 0.05) is 31.9 Å². The summed E-state index contributed by atoms with van der Waals surface area (Å²) in [6.45, 7) is 4.55. The van der Waals surface area contributed by atoms with Crippen LogP contribution in [-0.4, -0.2) is 45.1 Å². The molecule has 0 saturated heterocycles. The maximum Gasteiger partial charge on any atom is 0.240 e. The van der Waals surface area contributed by atoms with Gasteiger partial charge in [-0.05, 0) is 47.9 Å². The van der Waals surface area contributed by atoms with Crippen LogP contribution in [0.5, 0.6) is 5.75 Å². The van der Waals surface area contributed by atoms with Gasteiger partial charge in [0.2, 0.25) is 11.8 Å². The zero-order chi connectivity index (χ0) is 23.9. The first-order chi connectivity index (χ1) is 16.4. The highest BCUT2D eigenvalue weighted by molar-refractivity contribution is 6.09. The molecule has 6 rings (SSSR count). The van der Waals surface area contributed by atoms with Crippen LogP contribution in [0, 0.1) is 12.7 Å². The summed E-state index contributed by atoms with van der Waals surface area (Å²) in [5, 5.41) is 12.0. The third kappa shape index (κ3) is 3.41. The Balaban J connectivity index is 0.000000142. The number of nitrogens with one attached hydrogen (secondary N) is 4. The normalized spacial score (nSPS) is 26.0. The lowest BCUT2D eigenvalue weighted by molar-refractivity contribution is -0.120. The highest BCUT2D eigenvalue weighted by Gasteiger charge is 2.47. The summed E-state index contributed by atoms with van der Waals surface area (Å²) in [6, 6.07) is 9.01. The van der Waals surface area contributed by atoms with Gasteiger partial charge in [-0.2, -0.15) is 0 Å². The van der Waals surface area contributed by atoms with E-state index in [1.807, 2.05) is 55.5 Å². The van der Waals surface area contributed by atoms with Crippen molar-refractivity contribution in [3.05, 3.63) is 77.1 Å². The fraction of sp³-hybridized carbons (Fsp3) is 0.308. The average Bonchev–Trinajstić information content (AvgIpc) is 3.26. The summed E-state index contributed by atoms with van der Waals surface area (Å²) in [7, 11) is 1.63. The molecule has 0 fully saturated rings. The van der Waals surface area contributed by atoms with Gasteiger partial charge >= 0.3 is 0 Å². The molecule has 0 aromatic heterocycles. The number of benzene rings is 2. The molecule has 8 heteroatoms. The molecular weight excluding hydrogens is 435 g/mol. The molecule has 2 amide bonds. The van der Waals surface area contributed by atoms with Crippen molar-refractivity contribution < 1.29 is 18.7 Å². The van der Waals surface area contributed by atoms with E-state index in [9.17, 15) is 14.0 Å². The highest BCUT2D eigenvalue weighted by Crippen LogP contribution is 2.42. The molecule has 2 aromatic rings. The molecule has 2 aromatic carbocycles. The van der Waals surface area contributed by atoms with E-state index in [-0.39, 0.29) is 17.6 Å². The maximum absolute atomic E-state index is 13.8. The van der Waals surface area contributed by atoms with Gasteiger partial charge in [-0.25, -0.2) is 4.39 Å². The number of rotatable bonds is 1. The van der Waals surface area contributed by atoms with Crippen molar-refractivity contribution in [2.75, 3.05) is 43.9 Å². The van der Waals surface area contributed by atoms with E-state index in [0.717, 1.165) is 41.2 Å². The number of halogens is 1. The summed E-state index contributed by atoms with van der Waals surface area (Å²) in [4.78, 5) is 24.3. The molecule has 2 atom stereocenters. The van der Waals surface area contributed by atoms with Gasteiger partial charge in [-0.3, -0.25) is 9.59 Å². The van der Waals surface area contributed by atoms with Crippen LogP contribution in [-0.2, 0) is 20.4 Å². The third-order valence-corrected chi connectivity index (χ3v) is 6.86. The molecule has 2 spiro atoms. The van der Waals surface area contributed by atoms with E-state index in [0.29, 0.717) is 18.8 Å². The van der Waals surface area contributed by atoms with Crippen molar-refractivity contribution in [3.63, 3.8) is 0 Å². The SMILES string of the molecule is COc1ccc2c(c1)[C@]1(C=CCNC1)C(=O)N2.Cc1cc(F)c2c(c1)[C@]1(C=CCNC1)C(=O)N2. The molecule has 34 heavy (non-hydrogen) atoms. The van der Waals surface area contributed by atoms with Gasteiger partial charge < -0.3 is 26.0 Å². The van der Waals surface area contributed by atoms with Crippen molar-refractivity contribution in [3.8, 4) is 5.75 Å². The average molecular weight is 463 g/mol. The Hall–Kier alpha value is -3.49. The predicted octanol–water partition coefficient (Wildman–Crippen LogP) is 2.53. The van der Waals surface area contributed by atoms with Crippen molar-refractivity contribution in [1.29, 1.82) is 0 Å². The van der Waals surface area contributed by atoms with Gasteiger partial charge in [0.1, 0.15) is 22.4 Å². The topological polar surface area (TPSA) is 91.5 Å². The number of ether oxygens (including phenoxy) is 1. The number of carbonyl (C=O) groups is 2. The second kappa shape index (κ2) is 8.38. The second-order valence-corrected chi connectivity index (χ2v) is 9.00. The van der Waals surface area contributed by atoms with E-state index in [1.165, 1.54) is 6.07 Å². The molecule has 7 nitrogen and oxygen atoms in total. The standard InChI is InChI=1S/C13H13FN2O.C13H14N2O2/c1-8-5-9-11(10(14)6-8)16-12(17)13(9)3-2-4-15-7-13;1-17-9-3-4-11-10(7-9)13(12(16)15-11)5-2-6-14-8-13/h2-3,5-6,15H,4,7H2,1H3,(H,16,17);2-5,7,14H,6,8H2,1H3,(H,15,16)/t2*13-/m11/s1. The molecule has 4 aliphatic heterocycles. The number of amides is 2. The molecule has 0 bridgehead atoms. The molecule has 4 N–H and O–H groups in total. The molecule has 0 unspecified atom stereocenters. The van der Waals surface area contributed by atoms with E-state index < -0.39 is 10.8 Å². The first kappa shape index (κ1) is 22.3. The first-order valence-corrected chi connectivity index (χ1v) is 11.3. The smallest absolute Gasteiger partial charge is 0.240 e. The van der Waals surface area contributed by atoms with Crippen LogP contribution in [0.25, 0.3) is 0 Å². The van der Waals surface area contributed by atoms with Crippen molar-refractivity contribution in [1.82, 2.24) is 10.6 Å². The van der Waals surface area contributed by atoms with E-state index in [1.54, 1.807) is 7.11 Å². The molecule has 0 aliphatic carbocycles. The highest BCUT2D eigenvalue weighted by atomic mass is 19.1. The zero-order valence-corrected chi connectivity index (χ0v) is 19.1. The number of aryl methyl sites for hydroxylation is 1. The fourth-order valence-corrected chi connectivity index (χ4v) is 5.08. The predicted molar refractivity (Wildman–Crippen MR) is 129 cm³/mol. The summed E-state index contributed by atoms with van der Waals surface area (Å²) >= 11 is 0. The minimum Gasteiger partial charge on any atom is -0.497 e. The lowest BCUT2D eigenvalue weighted by atomic mass is 9.79. The zero-order valence-electron chi connectivity index (χ0n) is 19.1. The summed E-state index contributed by atoms with van der Waals surface area (Å²) in [5.74, 6) is 0.299. The Bertz CT molecular complexity index is 1240. The van der Waals surface area contributed by atoms with Crippen LogP contribution < -0.4 is 26.0 Å². The Labute approximate surface area is 197 Å². The number of methoxy groups -OCH3 is 1. The van der Waals surface area contributed by atoms with Gasteiger partial charge in [0.05, 0.1) is 12.8 Å². The van der Waals surface area contributed by atoms with E-state index in [4.69, 9.17) is 4.74 Å². The number of hydrogen-bond acceptors (Lipinski definition) is 5. The first-order valence-electron chi connectivity index (χ1n) is 11.3. The fourth-order valence-electron chi connectivity index (χ4n) is 5.08. The molecule has 4 heterocycles. The largest absolute Gasteiger partial charge is 0.497 e. The molecule has 176 valence electrons. The maximum atomic E-state index is 13.8. The Morgan fingerprint density at radius 2 is 1.53 bits per heavy atom. The van der Waals surface area contributed by atoms with Gasteiger partial charge in [0.25, 0.3) is 0 Å². The van der Waals surface area contributed by atoms with Crippen LogP contribution >= 0.6 is 0 Å². The van der Waals surface area contributed by atoms with Crippen molar-refractivity contribution in [2.45, 2.75) is 17.8 Å². The van der Waals surface area contributed by atoms with Gasteiger partial charge in [0.15, 0.2) is 0 Å². The Morgan fingerprint density at radius 3 is 2.15 bits per heavy atom. The number of fused-ring (bicyclic) bond motifs is 4. The van der Waals surface area contributed by atoms with Crippen molar-refractivity contribution in [2.24, 2.45) is 0 Å². The van der Waals surface area contributed by atoms with Crippen LogP contribution in [0.4, 0.5) is 15.8 Å². The third-order valence-electron chi connectivity index (χ3n) is 6.86. The second-order valence-electron chi connectivity index (χ2n) is 9.00. The van der Waals surface area contributed by atoms with Crippen molar-refractivity contribution >= 4 is 23.2 Å². The molecule has 0 saturated carbocycles. The number of anilines is 2. The lowest BCUT2D eigenvalue weighted by Crippen LogP contribution is -2.45. The molecule has 4 aliphatic rings. The quantitative estimate of drug-likeness (QED) is 0.489. The lowest BCUT2D eigenvalue weighted by Gasteiger charge is -2.27. The van der Waals surface area contributed by atoms with Gasteiger partial charge in [-0.1, -0.05) is 30.4 Å². The van der Waals surface area contributed by atoms with Crippen LogP contribution in [0.1, 0.15) is 16.7 Å². The minimum absolute atomic E-state index is 0.0317.